The highest BCUT2D eigenvalue weighted by atomic mass is 16.5. The zero-order valence-electron chi connectivity index (χ0n) is 16.7. The number of aromatic carboxylic acids is 1. The Morgan fingerprint density at radius 1 is 1.21 bits per heavy atom. The molecule has 0 saturated heterocycles. The Labute approximate surface area is 166 Å². The van der Waals surface area contributed by atoms with E-state index in [0.29, 0.717) is 11.5 Å². The molecule has 0 heterocycles. The molecule has 1 aliphatic rings. The van der Waals surface area contributed by atoms with Crippen LogP contribution in [0, 0.1) is 5.92 Å². The molecule has 4 heteroatoms. The van der Waals surface area contributed by atoms with E-state index in [1.165, 1.54) is 16.7 Å². The van der Waals surface area contributed by atoms with Gasteiger partial charge >= 0.3 is 5.97 Å². The monoisotopic (exact) mass is 377 g/mol. The molecule has 0 saturated carbocycles. The van der Waals surface area contributed by atoms with Crippen LogP contribution in [0.15, 0.2) is 60.2 Å². The highest BCUT2D eigenvalue weighted by Gasteiger charge is 2.22. The average molecular weight is 377 g/mol. The first-order chi connectivity index (χ1) is 13.5. The fourth-order valence-electron chi connectivity index (χ4n) is 3.73. The van der Waals surface area contributed by atoms with Crippen molar-refractivity contribution in [2.45, 2.75) is 12.8 Å². The van der Waals surface area contributed by atoms with Crippen LogP contribution >= 0.6 is 0 Å². The first-order valence-corrected chi connectivity index (χ1v) is 9.51. The van der Waals surface area contributed by atoms with E-state index in [4.69, 9.17) is 4.74 Å². The largest absolute Gasteiger partial charge is 0.497 e. The summed E-state index contributed by atoms with van der Waals surface area (Å²) in [5, 5.41) is 9.22. The van der Waals surface area contributed by atoms with Gasteiger partial charge in [0, 0.05) is 6.54 Å². The molecule has 1 atom stereocenters. The minimum Gasteiger partial charge on any atom is -0.497 e. The lowest BCUT2D eigenvalue weighted by Gasteiger charge is -2.28. The number of hydrogen-bond donors (Lipinski definition) is 1. The molecule has 28 heavy (non-hydrogen) atoms. The van der Waals surface area contributed by atoms with E-state index in [1.54, 1.807) is 25.3 Å². The van der Waals surface area contributed by atoms with Crippen LogP contribution in [0.3, 0.4) is 0 Å². The second-order valence-corrected chi connectivity index (χ2v) is 7.48. The van der Waals surface area contributed by atoms with Crippen LogP contribution < -0.4 is 4.74 Å². The summed E-state index contributed by atoms with van der Waals surface area (Å²) in [6.45, 7) is 0.991. The van der Waals surface area contributed by atoms with Gasteiger partial charge in [0.15, 0.2) is 0 Å². The van der Waals surface area contributed by atoms with Crippen molar-refractivity contribution in [2.75, 3.05) is 27.7 Å². The summed E-state index contributed by atoms with van der Waals surface area (Å²) in [4.78, 5) is 13.5. The molecular weight excluding hydrogens is 350 g/mol. The van der Waals surface area contributed by atoms with Crippen LogP contribution in [-0.4, -0.2) is 43.7 Å². The normalized spacial score (nSPS) is 18.2. The van der Waals surface area contributed by atoms with Gasteiger partial charge in [-0.05, 0) is 79.4 Å². The highest BCUT2D eigenvalue weighted by molar-refractivity contribution is 5.88. The third-order valence-corrected chi connectivity index (χ3v) is 5.04. The first kappa shape index (κ1) is 19.9. The Balaban J connectivity index is 1.99. The Kier molecular flexibility index (Phi) is 6.32. The van der Waals surface area contributed by atoms with E-state index < -0.39 is 5.97 Å². The van der Waals surface area contributed by atoms with Gasteiger partial charge in [0.25, 0.3) is 0 Å². The second kappa shape index (κ2) is 8.89. The van der Waals surface area contributed by atoms with Gasteiger partial charge in [-0.2, -0.15) is 0 Å². The van der Waals surface area contributed by atoms with Crippen molar-refractivity contribution in [3.05, 3.63) is 76.9 Å². The summed E-state index contributed by atoms with van der Waals surface area (Å²) in [6, 6.07) is 15.3. The number of ether oxygens (including phenoxy) is 1. The number of methoxy groups -OCH3 is 1. The lowest BCUT2D eigenvalue weighted by molar-refractivity contribution is 0.0697. The smallest absolute Gasteiger partial charge is 0.335 e. The maximum atomic E-state index is 11.2. The number of benzene rings is 2. The topological polar surface area (TPSA) is 49.8 Å². The lowest BCUT2D eigenvalue weighted by Crippen LogP contribution is -2.24. The van der Waals surface area contributed by atoms with Gasteiger partial charge < -0.3 is 14.7 Å². The third-order valence-electron chi connectivity index (χ3n) is 5.04. The Morgan fingerprint density at radius 3 is 2.71 bits per heavy atom. The third kappa shape index (κ3) is 4.90. The van der Waals surface area contributed by atoms with Gasteiger partial charge in [-0.15, -0.1) is 0 Å². The quantitative estimate of drug-likeness (QED) is 0.783. The molecule has 0 aromatic heterocycles. The average Bonchev–Trinajstić information content (AvgIpc) is 2.69. The summed E-state index contributed by atoms with van der Waals surface area (Å²) in [6.07, 6.45) is 6.40. The fraction of sp³-hybridized carbons (Fsp3) is 0.292. The van der Waals surface area contributed by atoms with Crippen LogP contribution in [0.2, 0.25) is 0 Å². The van der Waals surface area contributed by atoms with Gasteiger partial charge in [0.05, 0.1) is 12.7 Å². The standard InChI is InChI=1S/C24H27NO3/c1-25(2)16-21-11-10-18(12-17-6-4-8-20(13-17)24(26)27)14-23(21)19-7-5-9-22(15-19)28-3/h4-9,12-15,21H,10-11,16H2,1-3H3,(H,26,27)/b18-12+/t21-/m1/s1. The van der Waals surface area contributed by atoms with Crippen molar-refractivity contribution in [1.29, 1.82) is 0 Å². The highest BCUT2D eigenvalue weighted by Crippen LogP contribution is 2.37. The number of rotatable bonds is 6. The Hall–Kier alpha value is -2.85. The van der Waals surface area contributed by atoms with Crippen LogP contribution in [-0.2, 0) is 0 Å². The molecule has 2 aromatic rings. The number of carbonyl (C=O) groups is 1. The second-order valence-electron chi connectivity index (χ2n) is 7.48. The molecule has 3 rings (SSSR count). The zero-order valence-corrected chi connectivity index (χ0v) is 16.7. The first-order valence-electron chi connectivity index (χ1n) is 9.51. The molecule has 4 nitrogen and oxygen atoms in total. The molecule has 0 amide bonds. The number of hydrogen-bond acceptors (Lipinski definition) is 3. The van der Waals surface area contributed by atoms with Crippen LogP contribution in [0.5, 0.6) is 5.75 Å². The molecule has 0 fully saturated rings. The van der Waals surface area contributed by atoms with Crippen LogP contribution in [0.1, 0.15) is 34.3 Å². The van der Waals surface area contributed by atoms with E-state index in [9.17, 15) is 9.90 Å². The minimum absolute atomic E-state index is 0.313. The molecule has 0 spiro atoms. The number of carboxylic acid groups (broad SMARTS) is 1. The Bertz CT molecular complexity index is 912. The van der Waals surface area contributed by atoms with Gasteiger partial charge in [-0.3, -0.25) is 0 Å². The van der Waals surface area contributed by atoms with Crippen molar-refractivity contribution in [1.82, 2.24) is 4.90 Å². The van der Waals surface area contributed by atoms with E-state index in [2.05, 4.69) is 43.3 Å². The van der Waals surface area contributed by atoms with Crippen molar-refractivity contribution >= 4 is 17.6 Å². The molecule has 0 radical (unpaired) electrons. The zero-order chi connectivity index (χ0) is 20.1. The van der Waals surface area contributed by atoms with Gasteiger partial charge in [-0.25, -0.2) is 4.79 Å². The minimum atomic E-state index is -0.900. The van der Waals surface area contributed by atoms with E-state index in [-0.39, 0.29) is 0 Å². The van der Waals surface area contributed by atoms with E-state index in [1.807, 2.05) is 18.2 Å². The van der Waals surface area contributed by atoms with Crippen molar-refractivity contribution in [3.63, 3.8) is 0 Å². The molecule has 0 unspecified atom stereocenters. The maximum Gasteiger partial charge on any atom is 0.335 e. The lowest BCUT2D eigenvalue weighted by atomic mass is 9.81. The number of nitrogens with zero attached hydrogens (tertiary/aromatic N) is 1. The van der Waals surface area contributed by atoms with Crippen molar-refractivity contribution in [2.24, 2.45) is 5.92 Å². The Morgan fingerprint density at radius 2 is 2.00 bits per heavy atom. The summed E-state index contributed by atoms with van der Waals surface area (Å²) in [5.74, 6) is 0.402. The van der Waals surface area contributed by atoms with Crippen molar-refractivity contribution < 1.29 is 14.6 Å². The number of carboxylic acids is 1. The summed E-state index contributed by atoms with van der Waals surface area (Å²) in [5.41, 5.74) is 4.93. The van der Waals surface area contributed by atoms with E-state index in [0.717, 1.165) is 30.7 Å². The molecule has 2 aromatic carbocycles. The predicted octanol–water partition coefficient (Wildman–Crippen LogP) is 4.83. The van der Waals surface area contributed by atoms with Crippen molar-refractivity contribution in [3.8, 4) is 5.75 Å². The summed E-state index contributed by atoms with van der Waals surface area (Å²) < 4.78 is 5.41. The SMILES string of the molecule is COc1cccc(C2=C/C(=C/c3cccc(C(=O)O)c3)CC[C@@H]2CN(C)C)c1. The maximum absolute atomic E-state index is 11.2. The molecule has 146 valence electrons. The summed E-state index contributed by atoms with van der Waals surface area (Å²) >= 11 is 0. The number of allylic oxidation sites excluding steroid dienone is 2. The van der Waals surface area contributed by atoms with Gasteiger partial charge in [0.2, 0.25) is 0 Å². The molecule has 1 aliphatic carbocycles. The predicted molar refractivity (Wildman–Crippen MR) is 114 cm³/mol. The molecule has 0 bridgehead atoms. The van der Waals surface area contributed by atoms with Gasteiger partial charge in [0.1, 0.15) is 5.75 Å². The summed E-state index contributed by atoms with van der Waals surface area (Å²) in [7, 11) is 5.89. The molecular formula is C24H27NO3. The molecule has 1 N–H and O–H groups in total. The van der Waals surface area contributed by atoms with E-state index >= 15 is 0 Å². The molecule has 0 aliphatic heterocycles. The van der Waals surface area contributed by atoms with Crippen LogP contribution in [0.4, 0.5) is 0 Å². The van der Waals surface area contributed by atoms with Gasteiger partial charge in [-0.1, -0.05) is 36.4 Å². The fourth-order valence-corrected chi connectivity index (χ4v) is 3.73. The van der Waals surface area contributed by atoms with Crippen LogP contribution in [0.25, 0.3) is 11.6 Å².